The Morgan fingerprint density at radius 3 is 2.56 bits per heavy atom. The minimum absolute atomic E-state index is 0.271. The van der Waals surface area contributed by atoms with Gasteiger partial charge in [-0.3, -0.25) is 9.78 Å². The summed E-state index contributed by atoms with van der Waals surface area (Å²) in [4.78, 5) is 16.2. The van der Waals surface area contributed by atoms with E-state index in [4.69, 9.17) is 0 Å². The van der Waals surface area contributed by atoms with Crippen LogP contribution in [0.15, 0.2) is 18.5 Å². The molecule has 0 saturated carbocycles. The zero-order chi connectivity index (χ0) is 12.0. The Balaban J connectivity index is 2.79. The van der Waals surface area contributed by atoms with E-state index in [1.165, 1.54) is 0 Å². The van der Waals surface area contributed by atoms with Crippen LogP contribution in [0.5, 0.6) is 0 Å². The normalized spacial score (nSPS) is 10.8. The summed E-state index contributed by atoms with van der Waals surface area (Å²) in [6.45, 7) is 6.36. The second-order valence-corrected chi connectivity index (χ2v) is 4.20. The lowest BCUT2D eigenvalue weighted by atomic mass is 9.92. The van der Waals surface area contributed by atoms with E-state index < -0.39 is 0 Å². The molecule has 0 amide bonds. The van der Waals surface area contributed by atoms with Crippen LogP contribution in [0.25, 0.3) is 0 Å². The zero-order valence-electron chi connectivity index (χ0n) is 10.5. The molecule has 0 aliphatic heterocycles. The van der Waals surface area contributed by atoms with Crippen molar-refractivity contribution in [2.24, 2.45) is 5.92 Å². The van der Waals surface area contributed by atoms with Crippen molar-refractivity contribution in [3.8, 4) is 0 Å². The number of nitrogens with zero attached hydrogens (tertiary/aromatic N) is 1. The van der Waals surface area contributed by atoms with Crippen LogP contribution >= 0.6 is 0 Å². The molecule has 1 aromatic rings. The van der Waals surface area contributed by atoms with Crippen molar-refractivity contribution >= 4 is 5.78 Å². The van der Waals surface area contributed by atoms with E-state index in [2.05, 4.69) is 25.8 Å². The van der Waals surface area contributed by atoms with Crippen LogP contribution in [0, 0.1) is 5.92 Å². The molecule has 0 N–H and O–H groups in total. The van der Waals surface area contributed by atoms with Crippen molar-refractivity contribution < 1.29 is 4.79 Å². The molecule has 88 valence electrons. The number of hydrogen-bond donors (Lipinski definition) is 0. The van der Waals surface area contributed by atoms with Gasteiger partial charge in [-0.25, -0.2) is 0 Å². The number of hydrogen-bond acceptors (Lipinski definition) is 2. The Bertz CT molecular complexity index is 342. The number of carbonyl (C=O) groups is 1. The number of Topliss-reactive ketones (excluding diaryl/α,β-unsaturated/α-hetero) is 1. The van der Waals surface area contributed by atoms with Gasteiger partial charge in [0.2, 0.25) is 0 Å². The Labute approximate surface area is 98.1 Å². The molecule has 0 unspecified atom stereocenters. The highest BCUT2D eigenvalue weighted by atomic mass is 16.1. The minimum atomic E-state index is 0.271. The van der Waals surface area contributed by atoms with Crippen molar-refractivity contribution in [2.75, 3.05) is 0 Å². The highest BCUT2D eigenvalue weighted by Gasteiger charge is 2.14. The van der Waals surface area contributed by atoms with Crippen LogP contribution in [0.2, 0.25) is 0 Å². The van der Waals surface area contributed by atoms with E-state index in [0.29, 0.717) is 12.3 Å². The van der Waals surface area contributed by atoms with Crippen LogP contribution in [-0.4, -0.2) is 10.8 Å². The lowest BCUT2D eigenvalue weighted by molar-refractivity contribution is 0.0957. The molecule has 0 aliphatic rings. The average Bonchev–Trinajstić information content (AvgIpc) is 2.35. The molecular formula is C14H21NO. The monoisotopic (exact) mass is 219 g/mol. The van der Waals surface area contributed by atoms with Gasteiger partial charge < -0.3 is 0 Å². The minimum Gasteiger partial charge on any atom is -0.294 e. The number of aromatic nitrogens is 1. The van der Waals surface area contributed by atoms with E-state index in [1.807, 2.05) is 6.07 Å². The van der Waals surface area contributed by atoms with Gasteiger partial charge >= 0.3 is 0 Å². The number of pyridine rings is 1. The van der Waals surface area contributed by atoms with E-state index in [-0.39, 0.29) is 5.78 Å². The number of rotatable bonds is 6. The lowest BCUT2D eigenvalue weighted by Crippen LogP contribution is -2.09. The Morgan fingerprint density at radius 1 is 1.31 bits per heavy atom. The van der Waals surface area contributed by atoms with Gasteiger partial charge in [-0.15, -0.1) is 0 Å². The van der Waals surface area contributed by atoms with Crippen molar-refractivity contribution in [3.63, 3.8) is 0 Å². The first kappa shape index (κ1) is 12.9. The van der Waals surface area contributed by atoms with Crippen molar-refractivity contribution in [2.45, 2.75) is 46.5 Å². The van der Waals surface area contributed by atoms with E-state index >= 15 is 0 Å². The second kappa shape index (κ2) is 6.41. The molecule has 2 nitrogen and oxygen atoms in total. The second-order valence-electron chi connectivity index (χ2n) is 4.20. The average molecular weight is 219 g/mol. The summed E-state index contributed by atoms with van der Waals surface area (Å²) >= 11 is 0. The maximum Gasteiger partial charge on any atom is 0.163 e. The summed E-state index contributed by atoms with van der Waals surface area (Å²) in [6.07, 6.45) is 7.21. The van der Waals surface area contributed by atoms with Gasteiger partial charge in [-0.2, -0.15) is 0 Å². The maximum absolute atomic E-state index is 12.1. The molecule has 0 saturated heterocycles. The van der Waals surface area contributed by atoms with Crippen LogP contribution in [0.1, 0.15) is 56.0 Å². The third kappa shape index (κ3) is 3.16. The van der Waals surface area contributed by atoms with Crippen molar-refractivity contribution in [1.29, 1.82) is 0 Å². The smallest absolute Gasteiger partial charge is 0.163 e. The Morgan fingerprint density at radius 2 is 2.00 bits per heavy atom. The number of carbonyl (C=O) groups excluding carboxylic acids is 1. The van der Waals surface area contributed by atoms with Gasteiger partial charge in [-0.05, 0) is 24.0 Å². The molecule has 0 fully saturated rings. The summed E-state index contributed by atoms with van der Waals surface area (Å²) in [5.41, 5.74) is 1.93. The zero-order valence-corrected chi connectivity index (χ0v) is 10.5. The van der Waals surface area contributed by atoms with E-state index in [9.17, 15) is 4.79 Å². The fourth-order valence-electron chi connectivity index (χ4n) is 1.93. The van der Waals surface area contributed by atoms with Crippen molar-refractivity contribution in [1.82, 2.24) is 4.98 Å². The molecule has 1 rings (SSSR count). The van der Waals surface area contributed by atoms with Crippen LogP contribution in [0.3, 0.4) is 0 Å². The first-order chi connectivity index (χ1) is 7.72. The molecule has 1 aromatic heterocycles. The molecule has 16 heavy (non-hydrogen) atoms. The van der Waals surface area contributed by atoms with E-state index in [1.54, 1.807) is 12.4 Å². The van der Waals surface area contributed by atoms with Gasteiger partial charge in [0, 0.05) is 24.4 Å². The first-order valence-electron chi connectivity index (χ1n) is 6.18. The van der Waals surface area contributed by atoms with Crippen LogP contribution in [-0.2, 0) is 6.42 Å². The van der Waals surface area contributed by atoms with Crippen LogP contribution < -0.4 is 0 Å². The lowest BCUT2D eigenvalue weighted by Gasteiger charge is -2.12. The third-order valence-corrected chi connectivity index (χ3v) is 3.21. The third-order valence-electron chi connectivity index (χ3n) is 3.21. The van der Waals surface area contributed by atoms with Gasteiger partial charge in [0.15, 0.2) is 5.78 Å². The number of ketones is 1. The molecule has 0 bridgehead atoms. The van der Waals surface area contributed by atoms with Crippen molar-refractivity contribution in [3.05, 3.63) is 29.6 Å². The largest absolute Gasteiger partial charge is 0.294 e. The molecule has 0 aromatic carbocycles. The topological polar surface area (TPSA) is 30.0 Å². The predicted molar refractivity (Wildman–Crippen MR) is 66.6 cm³/mol. The first-order valence-corrected chi connectivity index (χ1v) is 6.18. The highest BCUT2D eigenvalue weighted by Crippen LogP contribution is 2.18. The molecule has 0 radical (unpaired) electrons. The SMILES string of the molecule is CCc1cnccc1C(=O)CC(CC)CC. The molecule has 0 atom stereocenters. The summed E-state index contributed by atoms with van der Waals surface area (Å²) in [5.74, 6) is 0.790. The van der Waals surface area contributed by atoms with Crippen LogP contribution in [0.4, 0.5) is 0 Å². The summed E-state index contributed by atoms with van der Waals surface area (Å²) in [5, 5.41) is 0. The Kier molecular flexibility index (Phi) is 5.17. The fraction of sp³-hybridized carbons (Fsp3) is 0.571. The maximum atomic E-state index is 12.1. The summed E-state index contributed by atoms with van der Waals surface area (Å²) in [7, 11) is 0. The molecular weight excluding hydrogens is 198 g/mol. The Hall–Kier alpha value is -1.18. The van der Waals surface area contributed by atoms with Gasteiger partial charge in [-0.1, -0.05) is 33.6 Å². The van der Waals surface area contributed by atoms with Gasteiger partial charge in [0.1, 0.15) is 0 Å². The highest BCUT2D eigenvalue weighted by molar-refractivity contribution is 5.97. The van der Waals surface area contributed by atoms with E-state index in [0.717, 1.165) is 30.4 Å². The fourth-order valence-corrected chi connectivity index (χ4v) is 1.93. The predicted octanol–water partition coefficient (Wildman–Crippen LogP) is 3.65. The number of aryl methyl sites for hydroxylation is 1. The molecule has 1 heterocycles. The van der Waals surface area contributed by atoms with Gasteiger partial charge in [0.25, 0.3) is 0 Å². The molecule has 0 aliphatic carbocycles. The molecule has 0 spiro atoms. The summed E-state index contributed by atoms with van der Waals surface area (Å²) in [6, 6.07) is 1.85. The van der Waals surface area contributed by atoms with Gasteiger partial charge in [0.05, 0.1) is 0 Å². The quantitative estimate of drug-likeness (QED) is 0.683. The molecule has 2 heteroatoms. The summed E-state index contributed by atoms with van der Waals surface area (Å²) < 4.78 is 0. The standard InChI is InChI=1S/C14H21NO/c1-4-11(5-2)9-14(16)13-7-8-15-10-12(13)6-3/h7-8,10-11H,4-6,9H2,1-3H3.